The zero-order chi connectivity index (χ0) is 12.7. The SMILES string of the molecule is CCNCc1ccccc1C(C=O)(C=O)C=O. The Bertz CT molecular complexity index is 393. The molecule has 0 saturated carbocycles. The van der Waals surface area contributed by atoms with Crippen LogP contribution < -0.4 is 5.32 Å². The fourth-order valence-corrected chi connectivity index (χ4v) is 1.63. The standard InChI is InChI=1S/C13H15NO3/c1-2-14-7-11-5-3-4-6-12(11)13(8-15,9-16)10-17/h3-6,8-10,14H,2,7H2,1H3. The summed E-state index contributed by atoms with van der Waals surface area (Å²) < 4.78 is 0. The Morgan fingerprint density at radius 2 is 1.71 bits per heavy atom. The van der Waals surface area contributed by atoms with Gasteiger partial charge in [0, 0.05) is 6.54 Å². The number of benzene rings is 1. The van der Waals surface area contributed by atoms with Gasteiger partial charge in [0.25, 0.3) is 0 Å². The second-order valence-corrected chi connectivity index (χ2v) is 3.72. The van der Waals surface area contributed by atoms with Crippen LogP contribution in [0.2, 0.25) is 0 Å². The van der Waals surface area contributed by atoms with E-state index in [0.717, 1.165) is 12.1 Å². The fraction of sp³-hybridized carbons (Fsp3) is 0.308. The molecule has 0 aliphatic rings. The molecule has 0 aliphatic heterocycles. The first-order chi connectivity index (χ1) is 8.24. The lowest BCUT2D eigenvalue weighted by Crippen LogP contribution is -2.33. The summed E-state index contributed by atoms with van der Waals surface area (Å²) in [5.41, 5.74) is -0.451. The molecule has 0 spiro atoms. The summed E-state index contributed by atoms with van der Waals surface area (Å²) in [6.07, 6.45) is 1.16. The molecular formula is C13H15NO3. The van der Waals surface area contributed by atoms with Crippen molar-refractivity contribution in [1.29, 1.82) is 0 Å². The molecule has 0 saturated heterocycles. The van der Waals surface area contributed by atoms with Crippen molar-refractivity contribution in [2.45, 2.75) is 18.9 Å². The minimum Gasteiger partial charge on any atom is -0.313 e. The largest absolute Gasteiger partial charge is 0.313 e. The molecule has 0 bridgehead atoms. The molecule has 90 valence electrons. The summed E-state index contributed by atoms with van der Waals surface area (Å²) in [6.45, 7) is 3.24. The normalized spacial score (nSPS) is 10.9. The van der Waals surface area contributed by atoms with E-state index in [1.807, 2.05) is 6.92 Å². The molecule has 0 atom stereocenters. The van der Waals surface area contributed by atoms with Crippen molar-refractivity contribution in [1.82, 2.24) is 5.32 Å². The van der Waals surface area contributed by atoms with E-state index in [-0.39, 0.29) is 0 Å². The smallest absolute Gasteiger partial charge is 0.161 e. The summed E-state index contributed by atoms with van der Waals surface area (Å²) in [5, 5.41) is 3.10. The van der Waals surface area contributed by atoms with Crippen LogP contribution in [0.5, 0.6) is 0 Å². The minimum atomic E-state index is -1.67. The van der Waals surface area contributed by atoms with Crippen LogP contribution in [-0.2, 0) is 26.3 Å². The third-order valence-electron chi connectivity index (χ3n) is 2.63. The van der Waals surface area contributed by atoms with Crippen molar-refractivity contribution in [2.75, 3.05) is 6.54 Å². The van der Waals surface area contributed by atoms with Crippen LogP contribution in [0.4, 0.5) is 0 Å². The zero-order valence-electron chi connectivity index (χ0n) is 9.68. The average molecular weight is 233 g/mol. The molecule has 1 rings (SSSR count). The quantitative estimate of drug-likeness (QED) is 0.554. The highest BCUT2D eigenvalue weighted by atomic mass is 16.2. The average Bonchev–Trinajstić information content (AvgIpc) is 2.40. The predicted molar refractivity (Wildman–Crippen MR) is 63.7 cm³/mol. The summed E-state index contributed by atoms with van der Waals surface area (Å²) in [5.74, 6) is 0. The highest BCUT2D eigenvalue weighted by Crippen LogP contribution is 2.21. The first-order valence-electron chi connectivity index (χ1n) is 5.42. The lowest BCUT2D eigenvalue weighted by Gasteiger charge is -2.18. The number of carbonyl (C=O) groups excluding carboxylic acids is 3. The number of nitrogens with one attached hydrogen (secondary N) is 1. The van der Waals surface area contributed by atoms with Gasteiger partial charge in [-0.15, -0.1) is 0 Å². The molecule has 0 aliphatic carbocycles. The van der Waals surface area contributed by atoms with Crippen molar-refractivity contribution in [2.24, 2.45) is 0 Å². The van der Waals surface area contributed by atoms with Gasteiger partial charge in [-0.1, -0.05) is 31.2 Å². The fourth-order valence-electron chi connectivity index (χ4n) is 1.63. The second kappa shape index (κ2) is 6.06. The van der Waals surface area contributed by atoms with Gasteiger partial charge < -0.3 is 19.7 Å². The Hall–Kier alpha value is -1.81. The van der Waals surface area contributed by atoms with Gasteiger partial charge in [-0.2, -0.15) is 0 Å². The molecule has 0 unspecified atom stereocenters. The van der Waals surface area contributed by atoms with Crippen LogP contribution >= 0.6 is 0 Å². The van der Waals surface area contributed by atoms with Crippen molar-refractivity contribution in [3.63, 3.8) is 0 Å². The molecular weight excluding hydrogens is 218 g/mol. The first kappa shape index (κ1) is 13.3. The van der Waals surface area contributed by atoms with Gasteiger partial charge in [-0.25, -0.2) is 0 Å². The van der Waals surface area contributed by atoms with Gasteiger partial charge in [0.2, 0.25) is 0 Å². The summed E-state index contributed by atoms with van der Waals surface area (Å²) >= 11 is 0. The van der Waals surface area contributed by atoms with Crippen molar-refractivity contribution in [3.8, 4) is 0 Å². The van der Waals surface area contributed by atoms with E-state index in [9.17, 15) is 14.4 Å². The molecule has 0 fully saturated rings. The number of carbonyl (C=O) groups is 3. The Labute approximate surface area is 100 Å². The molecule has 4 heteroatoms. The Morgan fingerprint density at radius 1 is 1.12 bits per heavy atom. The number of hydrogen-bond donors (Lipinski definition) is 1. The summed E-state index contributed by atoms with van der Waals surface area (Å²) in [6, 6.07) is 6.94. The van der Waals surface area contributed by atoms with Gasteiger partial charge in [-0.05, 0) is 17.7 Å². The third kappa shape index (κ3) is 2.65. The Morgan fingerprint density at radius 3 is 2.24 bits per heavy atom. The van der Waals surface area contributed by atoms with Gasteiger partial charge in [0.05, 0.1) is 0 Å². The van der Waals surface area contributed by atoms with Gasteiger partial charge in [0.15, 0.2) is 5.41 Å². The van der Waals surface area contributed by atoms with E-state index >= 15 is 0 Å². The van der Waals surface area contributed by atoms with Crippen molar-refractivity contribution < 1.29 is 14.4 Å². The topological polar surface area (TPSA) is 63.2 Å². The summed E-state index contributed by atoms with van der Waals surface area (Å²) in [4.78, 5) is 33.1. The van der Waals surface area contributed by atoms with E-state index in [1.54, 1.807) is 24.3 Å². The molecule has 4 nitrogen and oxygen atoms in total. The third-order valence-corrected chi connectivity index (χ3v) is 2.63. The van der Waals surface area contributed by atoms with Crippen LogP contribution in [-0.4, -0.2) is 25.4 Å². The molecule has 17 heavy (non-hydrogen) atoms. The first-order valence-corrected chi connectivity index (χ1v) is 5.42. The Kier molecular flexibility index (Phi) is 4.72. The lowest BCUT2D eigenvalue weighted by molar-refractivity contribution is -0.127. The second-order valence-electron chi connectivity index (χ2n) is 3.72. The minimum absolute atomic E-state index is 0.387. The molecule has 1 N–H and O–H groups in total. The molecule has 0 amide bonds. The molecule has 0 aromatic heterocycles. The van der Waals surface area contributed by atoms with Crippen LogP contribution in [0, 0.1) is 0 Å². The maximum atomic E-state index is 11.0. The number of aldehydes is 3. The predicted octanol–water partition coefficient (Wildman–Crippen LogP) is 0.631. The molecule has 1 aromatic carbocycles. The molecule has 0 heterocycles. The zero-order valence-corrected chi connectivity index (χ0v) is 9.68. The van der Waals surface area contributed by atoms with Crippen molar-refractivity contribution in [3.05, 3.63) is 35.4 Å². The van der Waals surface area contributed by atoms with Gasteiger partial charge in [-0.3, -0.25) is 0 Å². The lowest BCUT2D eigenvalue weighted by atomic mass is 9.82. The van der Waals surface area contributed by atoms with Crippen molar-refractivity contribution >= 4 is 18.9 Å². The highest BCUT2D eigenvalue weighted by molar-refractivity contribution is 6.09. The molecule has 0 radical (unpaired) electrons. The van der Waals surface area contributed by atoms with Gasteiger partial charge in [0.1, 0.15) is 18.9 Å². The van der Waals surface area contributed by atoms with E-state index in [1.165, 1.54) is 0 Å². The van der Waals surface area contributed by atoms with E-state index in [2.05, 4.69) is 5.32 Å². The van der Waals surface area contributed by atoms with Crippen LogP contribution in [0.3, 0.4) is 0 Å². The van der Waals surface area contributed by atoms with Crippen LogP contribution in [0.25, 0.3) is 0 Å². The highest BCUT2D eigenvalue weighted by Gasteiger charge is 2.33. The number of rotatable bonds is 7. The van der Waals surface area contributed by atoms with Crippen LogP contribution in [0.1, 0.15) is 18.1 Å². The molecule has 1 aromatic rings. The van der Waals surface area contributed by atoms with E-state index in [0.29, 0.717) is 31.0 Å². The number of hydrogen-bond acceptors (Lipinski definition) is 4. The van der Waals surface area contributed by atoms with Crippen LogP contribution in [0.15, 0.2) is 24.3 Å². The maximum absolute atomic E-state index is 11.0. The van der Waals surface area contributed by atoms with Gasteiger partial charge >= 0.3 is 0 Å². The maximum Gasteiger partial charge on any atom is 0.161 e. The Balaban J connectivity index is 3.23. The van der Waals surface area contributed by atoms with E-state index < -0.39 is 5.41 Å². The summed E-state index contributed by atoms with van der Waals surface area (Å²) in [7, 11) is 0. The van der Waals surface area contributed by atoms with E-state index in [4.69, 9.17) is 0 Å². The monoisotopic (exact) mass is 233 g/mol.